The number of carbonyl (C=O) groups excluding carboxylic acids is 1. The summed E-state index contributed by atoms with van der Waals surface area (Å²) in [7, 11) is 0. The van der Waals surface area contributed by atoms with Crippen molar-refractivity contribution >= 4 is 5.78 Å². The molecule has 0 unspecified atom stereocenters. The van der Waals surface area contributed by atoms with Crippen molar-refractivity contribution in [2.75, 3.05) is 0 Å². The number of aryl methyl sites for hydroxylation is 1. The van der Waals surface area contributed by atoms with Gasteiger partial charge in [-0.2, -0.15) is 5.69 Å². The van der Waals surface area contributed by atoms with Crippen LogP contribution < -0.4 is 10.5 Å². The smallest absolute Gasteiger partial charge is 0.187 e. The van der Waals surface area contributed by atoms with E-state index in [0.29, 0.717) is 11.6 Å². The molecule has 0 N–H and O–H groups in total. The fraction of sp³-hybridized carbons (Fsp3) is 0.619. The average Bonchev–Trinajstić information content (AvgIpc) is 2.62. The molecule has 1 aliphatic rings. The summed E-state index contributed by atoms with van der Waals surface area (Å²) in [6.07, 6.45) is 9.63. The Morgan fingerprint density at radius 1 is 0.960 bits per heavy atom. The van der Waals surface area contributed by atoms with Gasteiger partial charge in [0.2, 0.25) is 0 Å². The fourth-order valence-corrected chi connectivity index (χ4v) is 2.83. The Bertz CT molecular complexity index is 597. The Hall–Kier alpha value is -0.900. The molecule has 1 radical (unpaired) electrons. The number of ketones is 1. The van der Waals surface area contributed by atoms with E-state index in [2.05, 4.69) is 4.98 Å². The number of hydrogen-bond acceptors (Lipinski definition) is 2. The number of allylic oxidation sites excluding steroid dienone is 2. The van der Waals surface area contributed by atoms with Crippen molar-refractivity contribution in [3.8, 4) is 0 Å². The van der Waals surface area contributed by atoms with Crippen LogP contribution in [0.3, 0.4) is 0 Å². The third kappa shape index (κ3) is 7.89. The number of hydrogen-bond donors (Lipinski definition) is 0. The van der Waals surface area contributed by atoms with Crippen LogP contribution in [-0.4, -0.2) is 5.78 Å². The molecule has 0 saturated heterocycles. The van der Waals surface area contributed by atoms with Gasteiger partial charge in [0.05, 0.1) is 5.56 Å². The molecule has 1 fully saturated rings. The standard InChI is InChI=1S/C17H23NO2.2C2H6.Ta/c1-11-12(2)16(17(20)18-13(11)3)15(19)10-9-14-7-5-4-6-8-14;2*1-2;/h9-10,14H,4-8H2,1-3H3,(H,18,19,20);2*1-2H3;/p-1/b10-9+;;;. The summed E-state index contributed by atoms with van der Waals surface area (Å²) in [5, 5.41) is 0. The van der Waals surface area contributed by atoms with Gasteiger partial charge in [0.1, 0.15) is 0 Å². The van der Waals surface area contributed by atoms with E-state index in [4.69, 9.17) is 0 Å². The molecule has 1 saturated carbocycles. The first kappa shape index (κ1) is 26.3. The van der Waals surface area contributed by atoms with Gasteiger partial charge in [-0.15, -0.1) is 0 Å². The SMILES string of the molecule is CC.CC.Cc1[n-]c(=O)c(C(=O)/C=C/C2CCCCC2)c(C)c1C.[Ta]. The summed E-state index contributed by atoms with van der Waals surface area (Å²) in [5.41, 5.74) is 2.24. The third-order valence-corrected chi connectivity index (χ3v) is 4.38. The number of aromatic nitrogens is 1. The van der Waals surface area contributed by atoms with Crippen molar-refractivity contribution < 1.29 is 27.2 Å². The topological polar surface area (TPSA) is 48.2 Å². The van der Waals surface area contributed by atoms with Gasteiger partial charge in [-0.3, -0.25) is 4.79 Å². The maximum absolute atomic E-state index is 12.3. The molecule has 0 bridgehead atoms. The van der Waals surface area contributed by atoms with E-state index in [-0.39, 0.29) is 33.7 Å². The van der Waals surface area contributed by atoms with Crippen molar-refractivity contribution in [2.24, 2.45) is 5.92 Å². The number of carbonyl (C=O) groups is 1. The fourth-order valence-electron chi connectivity index (χ4n) is 2.83. The Kier molecular flexibility index (Phi) is 15.0. The molecule has 0 atom stereocenters. The summed E-state index contributed by atoms with van der Waals surface area (Å²) in [5.74, 6) is 0.288. The summed E-state index contributed by atoms with van der Waals surface area (Å²) >= 11 is 0. The first-order valence-corrected chi connectivity index (χ1v) is 9.38. The van der Waals surface area contributed by atoms with E-state index >= 15 is 0 Å². The van der Waals surface area contributed by atoms with Crippen LogP contribution in [0.25, 0.3) is 0 Å². The normalized spacial score (nSPS) is 13.9. The minimum Gasteiger partial charge on any atom is -0.626 e. The first-order valence-electron chi connectivity index (χ1n) is 9.38. The molecule has 141 valence electrons. The van der Waals surface area contributed by atoms with Crippen molar-refractivity contribution in [3.63, 3.8) is 0 Å². The Morgan fingerprint density at radius 2 is 1.48 bits per heavy atom. The predicted octanol–water partition coefficient (Wildman–Crippen LogP) is 5.30. The predicted molar refractivity (Wildman–Crippen MR) is 103 cm³/mol. The molecule has 0 aromatic carbocycles. The Labute approximate surface area is 169 Å². The molecule has 1 aliphatic carbocycles. The Balaban J connectivity index is 0. The molecule has 0 spiro atoms. The monoisotopic (exact) mass is 513 g/mol. The Morgan fingerprint density at radius 3 is 2.00 bits per heavy atom. The zero-order valence-corrected chi connectivity index (χ0v) is 20.2. The molecular weight excluding hydrogens is 479 g/mol. The van der Waals surface area contributed by atoms with E-state index < -0.39 is 5.56 Å². The van der Waals surface area contributed by atoms with Crippen molar-refractivity contribution in [1.29, 1.82) is 0 Å². The minimum atomic E-state index is -0.399. The van der Waals surface area contributed by atoms with Gasteiger partial charge in [0, 0.05) is 27.9 Å². The molecular formula is C21H34NO2Ta-. The number of pyridine rings is 1. The largest absolute Gasteiger partial charge is 0.626 e. The van der Waals surface area contributed by atoms with E-state index in [0.717, 1.165) is 24.0 Å². The molecule has 1 aromatic heterocycles. The van der Waals surface area contributed by atoms with Crippen LogP contribution in [0.5, 0.6) is 0 Å². The zero-order valence-electron chi connectivity index (χ0n) is 17.0. The third-order valence-electron chi connectivity index (χ3n) is 4.38. The van der Waals surface area contributed by atoms with Gasteiger partial charge in [0.15, 0.2) is 5.78 Å². The molecule has 4 heteroatoms. The van der Waals surface area contributed by atoms with E-state index in [1.807, 2.05) is 47.6 Å². The van der Waals surface area contributed by atoms with Gasteiger partial charge in [0.25, 0.3) is 0 Å². The van der Waals surface area contributed by atoms with Crippen LogP contribution in [-0.2, 0) is 22.4 Å². The van der Waals surface area contributed by atoms with Crippen LogP contribution in [0, 0.1) is 26.7 Å². The maximum Gasteiger partial charge on any atom is 0.187 e. The quantitative estimate of drug-likeness (QED) is 0.407. The molecule has 1 heterocycles. The van der Waals surface area contributed by atoms with E-state index in [1.54, 1.807) is 13.0 Å². The van der Waals surface area contributed by atoms with Gasteiger partial charge in [-0.05, 0) is 44.2 Å². The second-order valence-corrected chi connectivity index (χ2v) is 5.75. The zero-order chi connectivity index (χ0) is 18.7. The molecule has 3 nitrogen and oxygen atoms in total. The minimum absolute atomic E-state index is 0. The van der Waals surface area contributed by atoms with Gasteiger partial charge in [-0.1, -0.05) is 65.5 Å². The van der Waals surface area contributed by atoms with Crippen LogP contribution in [0.1, 0.15) is 87.0 Å². The second-order valence-electron chi connectivity index (χ2n) is 5.75. The maximum atomic E-state index is 12.3. The van der Waals surface area contributed by atoms with E-state index in [9.17, 15) is 9.59 Å². The van der Waals surface area contributed by atoms with Gasteiger partial charge < -0.3 is 9.78 Å². The summed E-state index contributed by atoms with van der Waals surface area (Å²) in [6.45, 7) is 13.5. The van der Waals surface area contributed by atoms with Crippen molar-refractivity contribution in [1.82, 2.24) is 4.98 Å². The summed E-state index contributed by atoms with van der Waals surface area (Å²) in [4.78, 5) is 28.1. The number of rotatable bonds is 3. The molecule has 0 amide bonds. The van der Waals surface area contributed by atoms with E-state index in [1.165, 1.54) is 19.3 Å². The van der Waals surface area contributed by atoms with Gasteiger partial charge in [-0.25, -0.2) is 0 Å². The van der Waals surface area contributed by atoms with Crippen LogP contribution in [0.2, 0.25) is 0 Å². The van der Waals surface area contributed by atoms with Crippen LogP contribution in [0.15, 0.2) is 16.9 Å². The van der Waals surface area contributed by atoms with Crippen LogP contribution >= 0.6 is 0 Å². The molecule has 0 aliphatic heterocycles. The second kappa shape index (κ2) is 14.3. The average molecular weight is 513 g/mol. The molecule has 1 aromatic rings. The summed E-state index contributed by atoms with van der Waals surface area (Å²) in [6, 6.07) is 0. The summed E-state index contributed by atoms with van der Waals surface area (Å²) < 4.78 is 0. The first-order chi connectivity index (χ1) is 11.5. The van der Waals surface area contributed by atoms with Crippen molar-refractivity contribution in [3.05, 3.63) is 44.9 Å². The molecule has 25 heavy (non-hydrogen) atoms. The number of nitrogens with zero attached hydrogens (tertiary/aromatic N) is 1. The van der Waals surface area contributed by atoms with Gasteiger partial charge >= 0.3 is 0 Å². The van der Waals surface area contributed by atoms with Crippen molar-refractivity contribution in [2.45, 2.75) is 80.6 Å². The van der Waals surface area contributed by atoms with Crippen LogP contribution in [0.4, 0.5) is 0 Å². The molecule has 2 rings (SSSR count).